The van der Waals surface area contributed by atoms with E-state index in [9.17, 15) is 4.57 Å². The Labute approximate surface area is 104 Å². The van der Waals surface area contributed by atoms with Gasteiger partial charge in [-0.2, -0.15) is 0 Å². The molecule has 0 aliphatic carbocycles. The maximum atomic E-state index is 12.4. The lowest BCUT2D eigenvalue weighted by Crippen LogP contribution is -2.06. The summed E-state index contributed by atoms with van der Waals surface area (Å²) in [5.74, 6) is 0. The van der Waals surface area contributed by atoms with Gasteiger partial charge in [0.05, 0.1) is 12.7 Å². The number of rotatable bonds is 7. The Balaban J connectivity index is 2.58. The lowest BCUT2D eigenvalue weighted by Gasteiger charge is -2.20. The van der Waals surface area contributed by atoms with Gasteiger partial charge in [-0.05, 0) is 25.8 Å². The van der Waals surface area contributed by atoms with Crippen LogP contribution in [0.15, 0.2) is 30.3 Å². The summed E-state index contributed by atoms with van der Waals surface area (Å²) in [6.45, 7) is 6.05. The van der Waals surface area contributed by atoms with Gasteiger partial charge in [0.1, 0.15) is 0 Å². The van der Waals surface area contributed by atoms with Crippen LogP contribution in [0.3, 0.4) is 0 Å². The molecule has 1 atom stereocenters. The van der Waals surface area contributed by atoms with Crippen LogP contribution in [0.1, 0.15) is 32.8 Å². The highest BCUT2D eigenvalue weighted by Crippen LogP contribution is 2.50. The van der Waals surface area contributed by atoms with Gasteiger partial charge >= 0.3 is 7.60 Å². The van der Waals surface area contributed by atoms with E-state index in [1.807, 2.05) is 51.1 Å². The molecule has 17 heavy (non-hydrogen) atoms. The van der Waals surface area contributed by atoms with Crippen LogP contribution >= 0.6 is 7.60 Å². The van der Waals surface area contributed by atoms with Crippen molar-refractivity contribution in [2.75, 3.05) is 6.16 Å². The van der Waals surface area contributed by atoms with Crippen molar-refractivity contribution in [1.29, 1.82) is 0 Å². The Morgan fingerprint density at radius 3 is 2.41 bits per heavy atom. The van der Waals surface area contributed by atoms with Crippen LogP contribution < -0.4 is 0 Å². The highest BCUT2D eigenvalue weighted by molar-refractivity contribution is 7.53. The van der Waals surface area contributed by atoms with Gasteiger partial charge in [-0.25, -0.2) is 0 Å². The van der Waals surface area contributed by atoms with E-state index in [-0.39, 0.29) is 6.10 Å². The largest absolute Gasteiger partial charge is 0.331 e. The molecule has 0 bridgehead atoms. The van der Waals surface area contributed by atoms with Crippen LogP contribution in [0.4, 0.5) is 0 Å². The maximum absolute atomic E-state index is 12.4. The molecule has 0 aliphatic rings. The zero-order valence-electron chi connectivity index (χ0n) is 10.8. The van der Waals surface area contributed by atoms with E-state index >= 15 is 0 Å². The van der Waals surface area contributed by atoms with E-state index in [0.717, 1.165) is 12.0 Å². The van der Waals surface area contributed by atoms with Gasteiger partial charge < -0.3 is 9.05 Å². The van der Waals surface area contributed by atoms with E-state index < -0.39 is 7.60 Å². The van der Waals surface area contributed by atoms with Crippen LogP contribution in [0, 0.1) is 0 Å². The van der Waals surface area contributed by atoms with Gasteiger partial charge in [0.2, 0.25) is 0 Å². The van der Waals surface area contributed by atoms with Gasteiger partial charge in [-0.1, -0.05) is 37.3 Å². The minimum Gasteiger partial charge on any atom is -0.306 e. The van der Waals surface area contributed by atoms with E-state index in [4.69, 9.17) is 9.05 Å². The molecule has 1 unspecified atom stereocenters. The summed E-state index contributed by atoms with van der Waals surface area (Å²) in [4.78, 5) is 0. The Morgan fingerprint density at radius 2 is 1.88 bits per heavy atom. The summed E-state index contributed by atoms with van der Waals surface area (Å²) >= 11 is 0. The van der Waals surface area contributed by atoms with Crippen molar-refractivity contribution in [3.63, 3.8) is 0 Å². The zero-order chi connectivity index (χ0) is 12.7. The summed E-state index contributed by atoms with van der Waals surface area (Å²) in [7, 11) is -2.94. The monoisotopic (exact) mass is 256 g/mol. The van der Waals surface area contributed by atoms with Crippen molar-refractivity contribution in [2.45, 2.75) is 39.9 Å². The van der Waals surface area contributed by atoms with E-state index in [0.29, 0.717) is 12.8 Å². The van der Waals surface area contributed by atoms with E-state index in [1.54, 1.807) is 0 Å². The first-order valence-electron chi connectivity index (χ1n) is 6.01. The Kier molecular flexibility index (Phi) is 5.90. The summed E-state index contributed by atoms with van der Waals surface area (Å²) in [5.41, 5.74) is 1.01. The fourth-order valence-corrected chi connectivity index (χ4v) is 3.32. The third-order valence-corrected chi connectivity index (χ3v) is 4.40. The molecule has 0 fully saturated rings. The first-order chi connectivity index (χ1) is 8.06. The molecule has 0 radical (unpaired) electrons. The smallest absolute Gasteiger partial charge is 0.306 e. The summed E-state index contributed by atoms with van der Waals surface area (Å²) in [6.07, 6.45) is 1.18. The van der Waals surface area contributed by atoms with E-state index in [1.165, 1.54) is 0 Å². The quantitative estimate of drug-likeness (QED) is 0.685. The topological polar surface area (TPSA) is 35.5 Å². The predicted molar refractivity (Wildman–Crippen MR) is 70.2 cm³/mol. The molecule has 0 amide bonds. The summed E-state index contributed by atoms with van der Waals surface area (Å²) in [6, 6.07) is 9.72. The molecule has 3 nitrogen and oxygen atoms in total. The first-order valence-corrected chi connectivity index (χ1v) is 7.74. The third-order valence-electron chi connectivity index (χ3n) is 2.14. The molecule has 0 saturated heterocycles. The second-order valence-electron chi connectivity index (χ2n) is 4.25. The average molecular weight is 256 g/mol. The van der Waals surface area contributed by atoms with Crippen molar-refractivity contribution in [3.8, 4) is 0 Å². The van der Waals surface area contributed by atoms with Gasteiger partial charge in [0.15, 0.2) is 0 Å². The molecular formula is C13H21O3P. The van der Waals surface area contributed by atoms with Crippen molar-refractivity contribution >= 4 is 7.60 Å². The Morgan fingerprint density at radius 1 is 1.24 bits per heavy atom. The maximum Gasteiger partial charge on any atom is 0.331 e. The zero-order valence-corrected chi connectivity index (χ0v) is 11.7. The average Bonchev–Trinajstić information content (AvgIpc) is 2.27. The molecule has 0 spiro atoms. The van der Waals surface area contributed by atoms with Crippen LogP contribution in [0.2, 0.25) is 0 Å². The molecule has 0 aliphatic heterocycles. The minimum absolute atomic E-state index is 0.0804. The van der Waals surface area contributed by atoms with Crippen molar-refractivity contribution in [1.82, 2.24) is 0 Å². The molecule has 96 valence electrons. The summed E-state index contributed by atoms with van der Waals surface area (Å²) in [5, 5.41) is 0. The van der Waals surface area contributed by atoms with Crippen molar-refractivity contribution in [2.24, 2.45) is 0 Å². The lowest BCUT2D eigenvalue weighted by atomic mass is 10.2. The first kappa shape index (κ1) is 14.4. The van der Waals surface area contributed by atoms with Gasteiger partial charge in [-0.15, -0.1) is 0 Å². The summed E-state index contributed by atoms with van der Waals surface area (Å²) < 4.78 is 23.3. The Bertz CT molecular complexity index is 362. The molecule has 1 aromatic carbocycles. The molecule has 1 aromatic rings. The van der Waals surface area contributed by atoms with Gasteiger partial charge in [-0.3, -0.25) is 4.57 Å². The number of hydrogen-bond acceptors (Lipinski definition) is 3. The fraction of sp³-hybridized carbons (Fsp3) is 0.538. The van der Waals surface area contributed by atoms with Crippen LogP contribution in [-0.2, 0) is 20.2 Å². The lowest BCUT2D eigenvalue weighted by molar-refractivity contribution is 0.163. The van der Waals surface area contributed by atoms with E-state index in [2.05, 4.69) is 0 Å². The molecule has 1 rings (SSSR count). The van der Waals surface area contributed by atoms with Crippen molar-refractivity contribution in [3.05, 3.63) is 35.9 Å². The van der Waals surface area contributed by atoms with Crippen LogP contribution in [0.25, 0.3) is 0 Å². The number of benzene rings is 1. The predicted octanol–water partition coefficient (Wildman–Crippen LogP) is 4.23. The molecule has 0 aromatic heterocycles. The molecule has 4 heteroatoms. The van der Waals surface area contributed by atoms with Crippen LogP contribution in [0.5, 0.6) is 0 Å². The minimum atomic E-state index is -2.94. The second-order valence-corrected chi connectivity index (χ2v) is 6.39. The SMILES string of the molecule is CCCP(=O)(OCc1ccccc1)OC(C)C. The molecule has 0 heterocycles. The Hall–Kier alpha value is -0.630. The number of hydrogen-bond donors (Lipinski definition) is 0. The highest BCUT2D eigenvalue weighted by Gasteiger charge is 2.24. The standard InChI is InChI=1S/C13H21O3P/c1-4-10-17(14,16-12(2)3)15-11-13-8-6-5-7-9-13/h5-9,12H,4,10-11H2,1-3H3. The van der Waals surface area contributed by atoms with Crippen LogP contribution in [-0.4, -0.2) is 12.3 Å². The molecular weight excluding hydrogens is 235 g/mol. The van der Waals surface area contributed by atoms with Gasteiger partial charge in [0.25, 0.3) is 0 Å². The highest BCUT2D eigenvalue weighted by atomic mass is 31.2. The fourth-order valence-electron chi connectivity index (χ4n) is 1.49. The molecule has 0 saturated carbocycles. The second kappa shape index (κ2) is 6.95. The van der Waals surface area contributed by atoms with Gasteiger partial charge in [0, 0.05) is 6.16 Å². The normalized spacial score (nSPS) is 14.8. The third kappa shape index (κ3) is 5.49. The van der Waals surface area contributed by atoms with Crippen molar-refractivity contribution < 1.29 is 13.6 Å². The molecule has 0 N–H and O–H groups in total.